The van der Waals surface area contributed by atoms with Crippen LogP contribution in [0.15, 0.2) is 48.5 Å². The van der Waals surface area contributed by atoms with E-state index in [1.54, 1.807) is 18.2 Å². The first-order valence-electron chi connectivity index (χ1n) is 7.49. The monoisotopic (exact) mass is 352 g/mol. The Kier molecular flexibility index (Phi) is 7.68. The zero-order valence-corrected chi connectivity index (χ0v) is 14.5. The van der Waals surface area contributed by atoms with Crippen LogP contribution in [0.1, 0.15) is 19.4 Å². The van der Waals surface area contributed by atoms with E-state index in [1.807, 2.05) is 32.0 Å². The molecule has 4 nitrogen and oxygen atoms in total. The van der Waals surface area contributed by atoms with E-state index in [9.17, 15) is 9.18 Å². The van der Waals surface area contributed by atoms with E-state index in [1.165, 1.54) is 12.1 Å². The number of nitrogens with two attached hydrogens (primary N) is 1. The van der Waals surface area contributed by atoms with Crippen molar-refractivity contribution in [1.29, 1.82) is 0 Å². The Balaban J connectivity index is 0.00000288. The van der Waals surface area contributed by atoms with Crippen molar-refractivity contribution in [1.82, 2.24) is 0 Å². The van der Waals surface area contributed by atoms with Crippen molar-refractivity contribution in [3.63, 3.8) is 0 Å². The summed E-state index contributed by atoms with van der Waals surface area (Å²) in [6.07, 6.45) is 0. The standard InChI is InChI=1S/C18H21FN2O2.ClH/c1-12(2)17(20)18(22)21-15-7-3-5-13(9-15)11-23-16-8-4-6-14(19)10-16;/h3-10,12,17H,11,20H2,1-2H3,(H,21,22);1H. The number of carbonyl (C=O) groups excluding carboxylic acids is 1. The lowest BCUT2D eigenvalue weighted by Crippen LogP contribution is -2.39. The molecule has 24 heavy (non-hydrogen) atoms. The highest BCUT2D eigenvalue weighted by atomic mass is 35.5. The van der Waals surface area contributed by atoms with Gasteiger partial charge >= 0.3 is 0 Å². The molecule has 0 aliphatic heterocycles. The molecule has 0 aliphatic carbocycles. The number of anilines is 1. The van der Waals surface area contributed by atoms with Crippen LogP contribution in [0.2, 0.25) is 0 Å². The third-order valence-electron chi connectivity index (χ3n) is 3.42. The number of halogens is 2. The summed E-state index contributed by atoms with van der Waals surface area (Å²) in [5, 5.41) is 2.79. The number of rotatable bonds is 6. The lowest BCUT2D eigenvalue weighted by atomic mass is 10.0. The molecule has 1 unspecified atom stereocenters. The van der Waals surface area contributed by atoms with E-state index in [4.69, 9.17) is 10.5 Å². The minimum Gasteiger partial charge on any atom is -0.489 e. The van der Waals surface area contributed by atoms with Crippen LogP contribution in [0.5, 0.6) is 5.75 Å². The molecular weight excluding hydrogens is 331 g/mol. The number of ether oxygens (including phenoxy) is 1. The molecule has 2 rings (SSSR count). The fourth-order valence-electron chi connectivity index (χ4n) is 1.99. The molecule has 1 amide bonds. The summed E-state index contributed by atoms with van der Waals surface area (Å²) in [5.41, 5.74) is 7.35. The van der Waals surface area contributed by atoms with Crippen molar-refractivity contribution >= 4 is 24.0 Å². The highest BCUT2D eigenvalue weighted by Crippen LogP contribution is 2.16. The quantitative estimate of drug-likeness (QED) is 0.832. The van der Waals surface area contributed by atoms with E-state index in [2.05, 4.69) is 5.32 Å². The Morgan fingerprint density at radius 2 is 1.92 bits per heavy atom. The second-order valence-electron chi connectivity index (χ2n) is 5.71. The van der Waals surface area contributed by atoms with Crippen molar-refractivity contribution in [2.24, 2.45) is 11.7 Å². The van der Waals surface area contributed by atoms with E-state index in [0.29, 0.717) is 11.4 Å². The average Bonchev–Trinajstić information content (AvgIpc) is 2.52. The Morgan fingerprint density at radius 3 is 2.58 bits per heavy atom. The third kappa shape index (κ3) is 5.83. The summed E-state index contributed by atoms with van der Waals surface area (Å²) in [6.45, 7) is 4.07. The van der Waals surface area contributed by atoms with Crippen molar-refractivity contribution in [3.05, 3.63) is 59.9 Å². The molecular formula is C18H22ClFN2O2. The second kappa shape index (κ2) is 9.25. The van der Waals surface area contributed by atoms with E-state index in [0.717, 1.165) is 5.56 Å². The van der Waals surface area contributed by atoms with E-state index >= 15 is 0 Å². The molecule has 0 heterocycles. The highest BCUT2D eigenvalue weighted by Gasteiger charge is 2.17. The van der Waals surface area contributed by atoms with Gasteiger partial charge in [-0.25, -0.2) is 4.39 Å². The summed E-state index contributed by atoms with van der Waals surface area (Å²) in [5.74, 6) is -0.0369. The summed E-state index contributed by atoms with van der Waals surface area (Å²) in [7, 11) is 0. The molecule has 0 saturated heterocycles. The van der Waals surface area contributed by atoms with Gasteiger partial charge in [0.25, 0.3) is 0 Å². The minimum absolute atomic E-state index is 0. The largest absolute Gasteiger partial charge is 0.489 e. The van der Waals surface area contributed by atoms with Crippen LogP contribution in [-0.2, 0) is 11.4 Å². The maximum Gasteiger partial charge on any atom is 0.241 e. The van der Waals surface area contributed by atoms with Crippen molar-refractivity contribution in [2.45, 2.75) is 26.5 Å². The first kappa shape index (κ1) is 19.9. The Hall–Kier alpha value is -2.11. The van der Waals surface area contributed by atoms with Gasteiger partial charge in [-0.05, 0) is 35.7 Å². The number of amides is 1. The van der Waals surface area contributed by atoms with Gasteiger partial charge in [-0.3, -0.25) is 4.79 Å². The molecule has 3 N–H and O–H groups in total. The van der Waals surface area contributed by atoms with Crippen LogP contribution in [0.3, 0.4) is 0 Å². The van der Waals surface area contributed by atoms with Crippen molar-refractivity contribution < 1.29 is 13.9 Å². The molecule has 2 aromatic rings. The Bertz CT molecular complexity index is 680. The smallest absolute Gasteiger partial charge is 0.241 e. The molecule has 0 aromatic heterocycles. The van der Waals surface area contributed by atoms with Crippen LogP contribution in [0.25, 0.3) is 0 Å². The Labute approximate surface area is 147 Å². The van der Waals surface area contributed by atoms with Gasteiger partial charge in [0.1, 0.15) is 18.2 Å². The zero-order chi connectivity index (χ0) is 16.8. The van der Waals surface area contributed by atoms with Gasteiger partial charge in [0.05, 0.1) is 6.04 Å². The van der Waals surface area contributed by atoms with Gasteiger partial charge in [0, 0.05) is 11.8 Å². The maximum absolute atomic E-state index is 13.1. The summed E-state index contributed by atoms with van der Waals surface area (Å²) >= 11 is 0. The molecule has 1 atom stereocenters. The predicted molar refractivity (Wildman–Crippen MR) is 95.9 cm³/mol. The van der Waals surface area contributed by atoms with Gasteiger partial charge < -0.3 is 15.8 Å². The molecule has 2 aromatic carbocycles. The van der Waals surface area contributed by atoms with Crippen LogP contribution in [-0.4, -0.2) is 11.9 Å². The molecule has 0 saturated carbocycles. The van der Waals surface area contributed by atoms with Gasteiger partial charge in [0.15, 0.2) is 0 Å². The molecule has 0 spiro atoms. The van der Waals surface area contributed by atoms with Crippen LogP contribution in [0, 0.1) is 11.7 Å². The van der Waals surface area contributed by atoms with Crippen LogP contribution < -0.4 is 15.8 Å². The van der Waals surface area contributed by atoms with Gasteiger partial charge in [-0.1, -0.05) is 32.0 Å². The summed E-state index contributed by atoms with van der Waals surface area (Å²) in [4.78, 5) is 12.0. The number of hydrogen-bond acceptors (Lipinski definition) is 3. The lowest BCUT2D eigenvalue weighted by molar-refractivity contribution is -0.118. The van der Waals surface area contributed by atoms with E-state index in [-0.39, 0.29) is 36.7 Å². The van der Waals surface area contributed by atoms with Crippen molar-refractivity contribution in [2.75, 3.05) is 5.32 Å². The number of benzene rings is 2. The zero-order valence-electron chi connectivity index (χ0n) is 13.7. The third-order valence-corrected chi connectivity index (χ3v) is 3.42. The molecule has 0 fully saturated rings. The lowest BCUT2D eigenvalue weighted by Gasteiger charge is -2.15. The molecule has 130 valence electrons. The predicted octanol–water partition coefficient (Wildman–Crippen LogP) is 3.75. The normalized spacial score (nSPS) is 11.5. The van der Waals surface area contributed by atoms with Gasteiger partial charge in [-0.2, -0.15) is 0 Å². The van der Waals surface area contributed by atoms with Crippen LogP contribution >= 0.6 is 12.4 Å². The van der Waals surface area contributed by atoms with Crippen molar-refractivity contribution in [3.8, 4) is 5.75 Å². The summed E-state index contributed by atoms with van der Waals surface area (Å²) in [6, 6.07) is 12.7. The number of carbonyl (C=O) groups is 1. The molecule has 0 bridgehead atoms. The fraction of sp³-hybridized carbons (Fsp3) is 0.278. The first-order chi connectivity index (χ1) is 11.0. The minimum atomic E-state index is -0.554. The van der Waals surface area contributed by atoms with E-state index < -0.39 is 6.04 Å². The topological polar surface area (TPSA) is 64.4 Å². The van der Waals surface area contributed by atoms with Gasteiger partial charge in [-0.15, -0.1) is 12.4 Å². The number of hydrogen-bond donors (Lipinski definition) is 2. The first-order valence-corrected chi connectivity index (χ1v) is 7.49. The summed E-state index contributed by atoms with van der Waals surface area (Å²) < 4.78 is 18.6. The molecule has 6 heteroatoms. The SMILES string of the molecule is CC(C)C(N)C(=O)Nc1cccc(COc2cccc(F)c2)c1.Cl. The van der Waals surface area contributed by atoms with Gasteiger partial charge in [0.2, 0.25) is 5.91 Å². The molecule has 0 radical (unpaired) electrons. The number of nitrogens with one attached hydrogen (secondary N) is 1. The fourth-order valence-corrected chi connectivity index (χ4v) is 1.99. The molecule has 0 aliphatic rings. The maximum atomic E-state index is 13.1. The highest BCUT2D eigenvalue weighted by molar-refractivity contribution is 5.94. The average molecular weight is 353 g/mol. The Morgan fingerprint density at radius 1 is 1.21 bits per heavy atom. The second-order valence-corrected chi connectivity index (χ2v) is 5.71. The van der Waals surface area contributed by atoms with Crippen LogP contribution in [0.4, 0.5) is 10.1 Å².